The second kappa shape index (κ2) is 11.3. The Balaban J connectivity index is 3.91. The van der Waals surface area contributed by atoms with Gasteiger partial charge in [-0.05, 0) is 6.42 Å². The molecule has 0 aromatic rings. The number of unbranched alkanes of at least 4 members (excludes halogenated alkanes) is 3. The van der Waals surface area contributed by atoms with E-state index >= 15 is 0 Å². The Labute approximate surface area is 125 Å². The van der Waals surface area contributed by atoms with Crippen LogP contribution >= 0.6 is 12.6 Å². The van der Waals surface area contributed by atoms with E-state index in [2.05, 4.69) is 24.3 Å². The molecular formula is C13H26O6S. The van der Waals surface area contributed by atoms with Crippen molar-refractivity contribution in [1.82, 2.24) is 0 Å². The van der Waals surface area contributed by atoms with Crippen molar-refractivity contribution < 1.29 is 30.0 Å². The zero-order valence-corrected chi connectivity index (χ0v) is 12.7. The highest BCUT2D eigenvalue weighted by Crippen LogP contribution is 2.14. The van der Waals surface area contributed by atoms with Gasteiger partial charge in [-0.3, -0.25) is 4.79 Å². The maximum absolute atomic E-state index is 11.5. The fourth-order valence-corrected chi connectivity index (χ4v) is 1.98. The van der Waals surface area contributed by atoms with Gasteiger partial charge in [-0.1, -0.05) is 32.6 Å². The predicted molar refractivity (Wildman–Crippen MR) is 77.3 cm³/mol. The molecule has 4 N–H and O–H groups in total. The van der Waals surface area contributed by atoms with Crippen LogP contribution in [0.3, 0.4) is 0 Å². The van der Waals surface area contributed by atoms with Gasteiger partial charge in [0.2, 0.25) is 6.29 Å². The lowest BCUT2D eigenvalue weighted by Gasteiger charge is -2.21. The first-order valence-electron chi connectivity index (χ1n) is 6.95. The zero-order valence-electron chi connectivity index (χ0n) is 11.8. The number of esters is 1. The van der Waals surface area contributed by atoms with Gasteiger partial charge in [-0.15, -0.1) is 0 Å². The van der Waals surface area contributed by atoms with Gasteiger partial charge in [0.15, 0.2) is 0 Å². The molecule has 6 nitrogen and oxygen atoms in total. The highest BCUT2D eigenvalue weighted by molar-refractivity contribution is 7.81. The molecule has 0 aliphatic rings. The lowest BCUT2D eigenvalue weighted by molar-refractivity contribution is -0.201. The number of hydrogen-bond donors (Lipinski definition) is 5. The number of aliphatic hydroxyl groups excluding tert-OH is 4. The molecule has 120 valence electrons. The van der Waals surface area contributed by atoms with Crippen molar-refractivity contribution in [2.24, 2.45) is 0 Å². The highest BCUT2D eigenvalue weighted by Gasteiger charge is 2.27. The summed E-state index contributed by atoms with van der Waals surface area (Å²) in [6.45, 7) is 1.38. The average Bonchev–Trinajstić information content (AvgIpc) is 2.41. The van der Waals surface area contributed by atoms with E-state index in [-0.39, 0.29) is 11.7 Å². The molecule has 0 aromatic carbocycles. The van der Waals surface area contributed by atoms with Crippen LogP contribution in [0.4, 0.5) is 0 Å². The van der Waals surface area contributed by atoms with Gasteiger partial charge in [0, 0.05) is 5.25 Å². The van der Waals surface area contributed by atoms with E-state index in [1.54, 1.807) is 0 Å². The zero-order chi connectivity index (χ0) is 15.5. The van der Waals surface area contributed by atoms with Crippen LogP contribution in [-0.4, -0.2) is 56.8 Å². The average molecular weight is 310 g/mol. The molecule has 0 rings (SSSR count). The normalized spacial score (nSPS) is 17.3. The third-order valence-corrected chi connectivity index (χ3v) is 3.36. The van der Waals surface area contributed by atoms with Gasteiger partial charge in [0.05, 0.1) is 13.0 Å². The Morgan fingerprint density at radius 3 is 2.40 bits per heavy atom. The molecule has 0 aromatic heterocycles. The molecule has 0 aliphatic heterocycles. The third kappa shape index (κ3) is 8.76. The van der Waals surface area contributed by atoms with Gasteiger partial charge >= 0.3 is 5.97 Å². The highest BCUT2D eigenvalue weighted by atomic mass is 32.1. The Morgan fingerprint density at radius 2 is 1.85 bits per heavy atom. The first-order chi connectivity index (χ1) is 9.42. The summed E-state index contributed by atoms with van der Waals surface area (Å²) in [4.78, 5) is 11.5. The minimum atomic E-state index is -1.86. The van der Waals surface area contributed by atoms with E-state index in [0.29, 0.717) is 0 Å². The third-order valence-electron chi connectivity index (χ3n) is 2.92. The van der Waals surface area contributed by atoms with E-state index in [0.717, 1.165) is 32.1 Å². The molecular weight excluding hydrogens is 284 g/mol. The predicted octanol–water partition coefficient (Wildman–Crippen LogP) is 0.221. The minimum absolute atomic E-state index is 0.0221. The molecule has 0 amide bonds. The van der Waals surface area contributed by atoms with Crippen molar-refractivity contribution in [2.75, 3.05) is 6.61 Å². The molecule has 2 unspecified atom stereocenters. The summed E-state index contributed by atoms with van der Waals surface area (Å²) >= 11 is 4.27. The molecule has 0 heterocycles. The first kappa shape index (κ1) is 19.7. The smallest absolute Gasteiger partial charge is 0.309 e. The monoisotopic (exact) mass is 310 g/mol. The maximum Gasteiger partial charge on any atom is 0.309 e. The van der Waals surface area contributed by atoms with Gasteiger partial charge in [-0.2, -0.15) is 12.6 Å². The molecule has 0 fully saturated rings. The van der Waals surface area contributed by atoms with Crippen LogP contribution < -0.4 is 0 Å². The number of rotatable bonds is 11. The fraction of sp³-hybridized carbons (Fsp3) is 0.923. The van der Waals surface area contributed by atoms with Gasteiger partial charge in [0.1, 0.15) is 12.2 Å². The second-order valence-electron chi connectivity index (χ2n) is 4.83. The number of aliphatic hydroxyl groups is 4. The molecule has 0 saturated heterocycles. The maximum atomic E-state index is 11.5. The number of ether oxygens (including phenoxy) is 1. The van der Waals surface area contributed by atoms with Crippen molar-refractivity contribution in [3.8, 4) is 0 Å². The van der Waals surface area contributed by atoms with Crippen LogP contribution in [0.1, 0.15) is 45.4 Å². The van der Waals surface area contributed by atoms with E-state index in [9.17, 15) is 15.0 Å². The molecule has 0 spiro atoms. The largest absolute Gasteiger partial charge is 0.433 e. The second-order valence-corrected chi connectivity index (χ2v) is 5.56. The van der Waals surface area contributed by atoms with Gasteiger partial charge < -0.3 is 25.2 Å². The molecule has 0 aliphatic carbocycles. The molecule has 0 bridgehead atoms. The molecule has 20 heavy (non-hydrogen) atoms. The van der Waals surface area contributed by atoms with Crippen LogP contribution in [0.5, 0.6) is 0 Å². The topological polar surface area (TPSA) is 107 Å². The van der Waals surface area contributed by atoms with Crippen molar-refractivity contribution in [1.29, 1.82) is 0 Å². The lowest BCUT2D eigenvalue weighted by Crippen LogP contribution is -2.42. The summed E-state index contributed by atoms with van der Waals surface area (Å²) in [5.41, 5.74) is 0. The molecule has 7 heteroatoms. The number of hydrogen-bond acceptors (Lipinski definition) is 7. The Bertz CT molecular complexity index is 263. The van der Waals surface area contributed by atoms with Crippen LogP contribution in [0.15, 0.2) is 0 Å². The number of thiol groups is 1. The van der Waals surface area contributed by atoms with E-state index < -0.39 is 31.1 Å². The molecule has 0 radical (unpaired) electrons. The van der Waals surface area contributed by atoms with Crippen molar-refractivity contribution in [3.63, 3.8) is 0 Å². The van der Waals surface area contributed by atoms with Gasteiger partial charge in [-0.25, -0.2) is 0 Å². The summed E-state index contributed by atoms with van der Waals surface area (Å²) in [7, 11) is 0. The van der Waals surface area contributed by atoms with Crippen LogP contribution in [0, 0.1) is 0 Å². The summed E-state index contributed by atoms with van der Waals surface area (Å²) in [5.74, 6) is -0.697. The Kier molecular flexibility index (Phi) is 11.1. The summed E-state index contributed by atoms with van der Waals surface area (Å²) in [6.07, 6.45) is 0.00219. The Hall–Kier alpha value is -0.340. The van der Waals surface area contributed by atoms with E-state index in [1.807, 2.05) is 0 Å². The van der Waals surface area contributed by atoms with Gasteiger partial charge in [0.25, 0.3) is 0 Å². The number of carbonyl (C=O) groups excluding carboxylic acids is 1. The fourth-order valence-electron chi connectivity index (χ4n) is 1.65. The number of carbonyl (C=O) groups is 1. The summed E-state index contributed by atoms with van der Waals surface area (Å²) in [6, 6.07) is 0. The van der Waals surface area contributed by atoms with Crippen LogP contribution in [0.2, 0.25) is 0 Å². The molecule has 0 saturated carbocycles. The molecule has 4 atom stereocenters. The van der Waals surface area contributed by atoms with Crippen LogP contribution in [-0.2, 0) is 9.53 Å². The Morgan fingerprint density at radius 1 is 1.20 bits per heavy atom. The summed E-state index contributed by atoms with van der Waals surface area (Å²) in [5, 5.41) is 36.2. The minimum Gasteiger partial charge on any atom is -0.433 e. The van der Waals surface area contributed by atoms with Crippen LogP contribution in [0.25, 0.3) is 0 Å². The summed E-state index contributed by atoms with van der Waals surface area (Å²) < 4.78 is 4.58. The lowest BCUT2D eigenvalue weighted by atomic mass is 10.1. The SMILES string of the molecule is CCCCCCC(S)CC(=O)OC(O)[C@@H](O)[C@@H](O)CO. The van der Waals surface area contributed by atoms with Crippen molar-refractivity contribution in [2.45, 2.75) is 69.2 Å². The van der Waals surface area contributed by atoms with E-state index in [1.165, 1.54) is 0 Å². The van der Waals surface area contributed by atoms with Crippen molar-refractivity contribution in [3.05, 3.63) is 0 Å². The quantitative estimate of drug-likeness (QED) is 0.162. The van der Waals surface area contributed by atoms with Crippen molar-refractivity contribution >= 4 is 18.6 Å². The standard InChI is InChI=1S/C13H26O6S/c1-2-3-4-5-6-9(20)7-11(16)19-13(18)12(17)10(15)8-14/h9-10,12-15,17-18,20H,2-8H2,1H3/t9?,10-,12-,13?/m0/s1. The first-order valence-corrected chi connectivity index (χ1v) is 7.46. The van der Waals surface area contributed by atoms with E-state index in [4.69, 9.17) is 10.2 Å².